The van der Waals surface area contributed by atoms with Crippen molar-refractivity contribution in [1.29, 1.82) is 0 Å². The Hall–Kier alpha value is -1.25. The lowest BCUT2D eigenvalue weighted by Crippen LogP contribution is -2.44. The molecule has 0 saturated heterocycles. The van der Waals surface area contributed by atoms with Gasteiger partial charge in [0.15, 0.2) is 8.32 Å². The van der Waals surface area contributed by atoms with Gasteiger partial charge in [0.05, 0.1) is 5.56 Å². The van der Waals surface area contributed by atoms with Gasteiger partial charge >= 0.3 is 6.18 Å². The molecule has 0 aromatic heterocycles. The molecular formula is C17H23F3OSi. The van der Waals surface area contributed by atoms with E-state index in [0.717, 1.165) is 12.1 Å². The molecule has 1 atom stereocenters. The molecule has 5 heteroatoms. The molecule has 1 aromatic rings. The van der Waals surface area contributed by atoms with Crippen LogP contribution in [0.5, 0.6) is 0 Å². The molecule has 0 spiro atoms. The highest BCUT2D eigenvalue weighted by molar-refractivity contribution is 6.74. The Labute approximate surface area is 132 Å². The Balaban J connectivity index is 2.91. The monoisotopic (exact) mass is 328 g/mol. The lowest BCUT2D eigenvalue weighted by atomic mass is 10.1. The minimum absolute atomic E-state index is 0.00405. The Morgan fingerprint density at radius 1 is 1.23 bits per heavy atom. The molecular weight excluding hydrogens is 305 g/mol. The maximum absolute atomic E-state index is 12.7. The first-order valence-electron chi connectivity index (χ1n) is 7.17. The van der Waals surface area contributed by atoms with Gasteiger partial charge in [0, 0.05) is 6.42 Å². The summed E-state index contributed by atoms with van der Waals surface area (Å²) in [5, 5.41) is -0.00405. The second-order valence-corrected chi connectivity index (χ2v) is 11.7. The predicted octanol–water partition coefficient (Wildman–Crippen LogP) is 5.27. The zero-order valence-electron chi connectivity index (χ0n) is 13.7. The summed E-state index contributed by atoms with van der Waals surface area (Å²) in [7, 11) is -2.06. The first-order valence-corrected chi connectivity index (χ1v) is 10.1. The van der Waals surface area contributed by atoms with Gasteiger partial charge in [0.1, 0.15) is 6.10 Å². The molecule has 122 valence electrons. The highest BCUT2D eigenvalue weighted by Gasteiger charge is 2.39. The van der Waals surface area contributed by atoms with Gasteiger partial charge in [0.2, 0.25) is 0 Å². The molecule has 1 aromatic carbocycles. The van der Waals surface area contributed by atoms with E-state index in [1.165, 1.54) is 6.07 Å². The van der Waals surface area contributed by atoms with Crippen LogP contribution in [0.2, 0.25) is 18.1 Å². The van der Waals surface area contributed by atoms with Crippen LogP contribution in [-0.4, -0.2) is 14.4 Å². The van der Waals surface area contributed by atoms with Gasteiger partial charge in [-0.3, -0.25) is 0 Å². The van der Waals surface area contributed by atoms with Crippen LogP contribution in [-0.2, 0) is 17.0 Å². The summed E-state index contributed by atoms with van der Waals surface area (Å²) in [6.45, 7) is 10.4. The first kappa shape index (κ1) is 18.8. The first-order chi connectivity index (χ1) is 9.87. The Morgan fingerprint density at radius 3 is 2.27 bits per heavy atom. The van der Waals surface area contributed by atoms with Crippen LogP contribution in [0.1, 0.15) is 31.9 Å². The fraction of sp³-hybridized carbons (Fsp3) is 0.529. The third kappa shape index (κ3) is 4.89. The van der Waals surface area contributed by atoms with Crippen molar-refractivity contribution in [2.45, 2.75) is 57.6 Å². The fourth-order valence-electron chi connectivity index (χ4n) is 1.76. The molecule has 0 radical (unpaired) electrons. The van der Waals surface area contributed by atoms with Crippen molar-refractivity contribution < 1.29 is 17.6 Å². The molecule has 0 aliphatic rings. The van der Waals surface area contributed by atoms with Crippen LogP contribution in [0, 0.1) is 12.3 Å². The summed E-state index contributed by atoms with van der Waals surface area (Å²) in [5.41, 5.74) is -0.121. The van der Waals surface area contributed by atoms with E-state index >= 15 is 0 Å². The van der Waals surface area contributed by atoms with Gasteiger partial charge < -0.3 is 4.43 Å². The van der Waals surface area contributed by atoms with E-state index in [-0.39, 0.29) is 11.5 Å². The molecule has 1 rings (SSSR count). The molecule has 1 nitrogen and oxygen atoms in total. The van der Waals surface area contributed by atoms with Crippen molar-refractivity contribution in [2.24, 2.45) is 0 Å². The fourth-order valence-corrected chi connectivity index (χ4v) is 2.97. The summed E-state index contributed by atoms with van der Waals surface area (Å²) in [4.78, 5) is 0. The van der Waals surface area contributed by atoms with Crippen LogP contribution >= 0.6 is 0 Å². The molecule has 0 amide bonds. The quantitative estimate of drug-likeness (QED) is 0.540. The number of halogens is 3. The van der Waals surface area contributed by atoms with Gasteiger partial charge in [-0.2, -0.15) is 13.2 Å². The minimum Gasteiger partial charge on any atom is -0.403 e. The van der Waals surface area contributed by atoms with E-state index in [4.69, 9.17) is 10.8 Å². The van der Waals surface area contributed by atoms with Crippen LogP contribution in [0.15, 0.2) is 24.3 Å². The van der Waals surface area contributed by atoms with Crippen molar-refractivity contribution in [1.82, 2.24) is 0 Å². The van der Waals surface area contributed by atoms with E-state index in [1.807, 2.05) is 0 Å². The van der Waals surface area contributed by atoms with E-state index in [9.17, 15) is 13.2 Å². The second kappa shape index (κ2) is 6.47. The Kier molecular flexibility index (Phi) is 5.53. The minimum atomic E-state index is -4.35. The molecule has 0 fully saturated rings. The summed E-state index contributed by atoms with van der Waals surface area (Å²) in [6, 6.07) is 5.25. The topological polar surface area (TPSA) is 9.23 Å². The van der Waals surface area contributed by atoms with Gasteiger partial charge in [-0.05, 0) is 29.8 Å². The van der Waals surface area contributed by atoms with Crippen LogP contribution in [0.4, 0.5) is 13.2 Å². The Morgan fingerprint density at radius 2 is 1.82 bits per heavy atom. The number of rotatable bonds is 4. The molecule has 1 unspecified atom stereocenters. The highest BCUT2D eigenvalue weighted by Crippen LogP contribution is 2.37. The van der Waals surface area contributed by atoms with Crippen molar-refractivity contribution >= 4 is 8.32 Å². The van der Waals surface area contributed by atoms with Gasteiger partial charge in [0.25, 0.3) is 0 Å². The van der Waals surface area contributed by atoms with Crippen molar-refractivity contribution in [3.8, 4) is 12.3 Å². The summed E-state index contributed by atoms with van der Waals surface area (Å²) in [5.74, 6) is 2.57. The van der Waals surface area contributed by atoms with Crippen molar-refractivity contribution in [3.05, 3.63) is 35.4 Å². The smallest absolute Gasteiger partial charge is 0.403 e. The van der Waals surface area contributed by atoms with Crippen molar-refractivity contribution in [2.75, 3.05) is 0 Å². The van der Waals surface area contributed by atoms with Crippen LogP contribution in [0.25, 0.3) is 0 Å². The molecule has 0 aliphatic heterocycles. The predicted molar refractivity (Wildman–Crippen MR) is 86.1 cm³/mol. The van der Waals surface area contributed by atoms with Crippen molar-refractivity contribution in [3.63, 3.8) is 0 Å². The number of alkyl halides is 3. The summed E-state index contributed by atoms with van der Waals surface area (Å²) in [6.07, 6.45) is 0.949. The summed E-state index contributed by atoms with van der Waals surface area (Å²) < 4.78 is 44.4. The average Bonchev–Trinajstić information content (AvgIpc) is 2.35. The van der Waals surface area contributed by atoms with Gasteiger partial charge in [-0.25, -0.2) is 0 Å². The summed E-state index contributed by atoms with van der Waals surface area (Å²) >= 11 is 0. The zero-order chi connectivity index (χ0) is 17.2. The third-order valence-electron chi connectivity index (χ3n) is 4.10. The third-order valence-corrected chi connectivity index (χ3v) is 8.59. The lowest BCUT2D eigenvalue weighted by molar-refractivity contribution is -0.137. The lowest BCUT2D eigenvalue weighted by Gasteiger charge is -2.38. The van der Waals surface area contributed by atoms with E-state index in [0.29, 0.717) is 5.56 Å². The van der Waals surface area contributed by atoms with Crippen LogP contribution in [0.3, 0.4) is 0 Å². The van der Waals surface area contributed by atoms with E-state index in [2.05, 4.69) is 39.8 Å². The SMILES string of the molecule is C#CC(Cc1cccc(C(F)(F)F)c1)O[Si](C)(C)C(C)(C)C. The number of hydrogen-bond donors (Lipinski definition) is 0. The van der Waals surface area contributed by atoms with E-state index in [1.54, 1.807) is 6.07 Å². The number of hydrogen-bond acceptors (Lipinski definition) is 1. The van der Waals surface area contributed by atoms with E-state index < -0.39 is 26.2 Å². The average molecular weight is 328 g/mol. The maximum atomic E-state index is 12.7. The second-order valence-electron chi connectivity index (χ2n) is 6.94. The Bertz CT molecular complexity index is 550. The van der Waals surface area contributed by atoms with Crippen LogP contribution < -0.4 is 0 Å². The van der Waals surface area contributed by atoms with Gasteiger partial charge in [-0.1, -0.05) is 44.9 Å². The standard InChI is InChI=1S/C17H23F3OSi/c1-7-15(21-22(5,6)16(2,3)4)12-13-9-8-10-14(11-13)17(18,19)20/h1,8-11,15H,12H2,2-6H3. The molecule has 0 bridgehead atoms. The number of benzene rings is 1. The maximum Gasteiger partial charge on any atom is 0.416 e. The molecule has 0 saturated carbocycles. The molecule has 0 aliphatic carbocycles. The molecule has 0 heterocycles. The zero-order valence-corrected chi connectivity index (χ0v) is 14.7. The largest absolute Gasteiger partial charge is 0.416 e. The normalized spacial score (nSPS) is 14.5. The number of terminal acetylenes is 1. The molecule has 22 heavy (non-hydrogen) atoms. The van der Waals surface area contributed by atoms with Gasteiger partial charge in [-0.15, -0.1) is 6.42 Å². The highest BCUT2D eigenvalue weighted by atomic mass is 28.4. The molecule has 0 N–H and O–H groups in total.